The van der Waals surface area contributed by atoms with Crippen LogP contribution in [-0.2, 0) is 16.0 Å². The topological polar surface area (TPSA) is 49.9 Å². The van der Waals surface area contributed by atoms with E-state index >= 15 is 0 Å². The number of rotatable bonds is 2. The number of carbonyl (C=O) groups excluding carboxylic acids is 2. The van der Waals surface area contributed by atoms with Crippen molar-refractivity contribution in [3.8, 4) is 5.75 Å². The molecule has 0 bridgehead atoms. The molecule has 128 valence electrons. The maximum absolute atomic E-state index is 13.0. The summed E-state index contributed by atoms with van der Waals surface area (Å²) in [5.74, 6) is 0.392. The molecule has 25 heavy (non-hydrogen) atoms. The van der Waals surface area contributed by atoms with E-state index in [1.807, 2.05) is 42.5 Å². The number of fused-ring (bicyclic) bond motifs is 2. The van der Waals surface area contributed by atoms with Gasteiger partial charge in [0.15, 0.2) is 6.10 Å². The van der Waals surface area contributed by atoms with Gasteiger partial charge in [0.1, 0.15) is 12.3 Å². The van der Waals surface area contributed by atoms with E-state index in [2.05, 4.69) is 6.07 Å². The fourth-order valence-corrected chi connectivity index (χ4v) is 3.54. The molecule has 2 amide bonds. The molecule has 5 heteroatoms. The molecule has 2 heterocycles. The van der Waals surface area contributed by atoms with E-state index in [4.69, 9.17) is 4.74 Å². The Balaban J connectivity index is 1.62. The Labute approximate surface area is 146 Å². The van der Waals surface area contributed by atoms with Crippen molar-refractivity contribution >= 4 is 23.2 Å². The Morgan fingerprint density at radius 2 is 1.84 bits per heavy atom. The van der Waals surface area contributed by atoms with Crippen LogP contribution in [0.3, 0.4) is 0 Å². The molecular formula is C20H20N2O3. The summed E-state index contributed by atoms with van der Waals surface area (Å²) in [6.07, 6.45) is 1.33. The molecule has 0 saturated heterocycles. The molecule has 0 unspecified atom stereocenters. The smallest absolute Gasteiger partial charge is 0.268 e. The molecule has 0 aliphatic carbocycles. The maximum Gasteiger partial charge on any atom is 0.268 e. The second-order valence-corrected chi connectivity index (χ2v) is 6.43. The Hall–Kier alpha value is -2.82. The molecule has 0 radical (unpaired) electrons. The molecule has 5 nitrogen and oxygen atoms in total. The van der Waals surface area contributed by atoms with Gasteiger partial charge in [-0.15, -0.1) is 0 Å². The summed E-state index contributed by atoms with van der Waals surface area (Å²) in [6, 6.07) is 15.3. The number of anilines is 2. The first-order valence-corrected chi connectivity index (χ1v) is 8.60. The highest BCUT2D eigenvalue weighted by Gasteiger charge is 2.34. The molecule has 0 N–H and O–H groups in total. The number of hydrogen-bond acceptors (Lipinski definition) is 3. The molecule has 2 aliphatic heterocycles. The van der Waals surface area contributed by atoms with Crippen LogP contribution in [-0.4, -0.2) is 31.0 Å². The van der Waals surface area contributed by atoms with Crippen molar-refractivity contribution in [3.63, 3.8) is 0 Å². The summed E-state index contributed by atoms with van der Waals surface area (Å²) in [6.45, 7) is 2.43. The molecule has 1 atom stereocenters. The summed E-state index contributed by atoms with van der Waals surface area (Å²) in [5.41, 5.74) is 2.80. The molecule has 0 saturated carbocycles. The van der Waals surface area contributed by atoms with Crippen LogP contribution in [0.1, 0.15) is 18.9 Å². The van der Waals surface area contributed by atoms with Crippen LogP contribution in [0, 0.1) is 0 Å². The van der Waals surface area contributed by atoms with Crippen molar-refractivity contribution in [2.24, 2.45) is 0 Å². The fraction of sp³-hybridized carbons (Fsp3) is 0.300. The van der Waals surface area contributed by atoms with Crippen LogP contribution in [0.15, 0.2) is 48.5 Å². The number of amides is 2. The second-order valence-electron chi connectivity index (χ2n) is 6.43. The van der Waals surface area contributed by atoms with Crippen LogP contribution < -0.4 is 14.5 Å². The van der Waals surface area contributed by atoms with Gasteiger partial charge in [0, 0.05) is 12.2 Å². The van der Waals surface area contributed by atoms with Gasteiger partial charge in [-0.1, -0.05) is 30.3 Å². The molecule has 2 aromatic carbocycles. The molecule has 2 aromatic rings. The third-order valence-electron chi connectivity index (χ3n) is 4.78. The summed E-state index contributed by atoms with van der Waals surface area (Å²) in [5, 5.41) is 0. The highest BCUT2D eigenvalue weighted by atomic mass is 16.5. The van der Waals surface area contributed by atoms with Gasteiger partial charge in [0.2, 0.25) is 5.91 Å². The molecule has 0 spiro atoms. The van der Waals surface area contributed by atoms with Gasteiger partial charge in [-0.3, -0.25) is 14.5 Å². The molecular weight excluding hydrogens is 316 g/mol. The van der Waals surface area contributed by atoms with Crippen LogP contribution in [0.2, 0.25) is 0 Å². The van der Waals surface area contributed by atoms with Gasteiger partial charge in [0.25, 0.3) is 5.91 Å². The van der Waals surface area contributed by atoms with Gasteiger partial charge >= 0.3 is 0 Å². The van der Waals surface area contributed by atoms with Crippen molar-refractivity contribution < 1.29 is 14.3 Å². The second kappa shape index (κ2) is 6.24. The Morgan fingerprint density at radius 1 is 1.12 bits per heavy atom. The highest BCUT2D eigenvalue weighted by molar-refractivity contribution is 6.07. The predicted octanol–water partition coefficient (Wildman–Crippen LogP) is 2.78. The van der Waals surface area contributed by atoms with E-state index in [9.17, 15) is 9.59 Å². The monoisotopic (exact) mass is 336 g/mol. The van der Waals surface area contributed by atoms with Crippen LogP contribution in [0.25, 0.3) is 0 Å². The number of carbonyl (C=O) groups is 2. The largest absolute Gasteiger partial charge is 0.479 e. The summed E-state index contributed by atoms with van der Waals surface area (Å²) in [4.78, 5) is 28.9. The van der Waals surface area contributed by atoms with Crippen molar-refractivity contribution in [1.29, 1.82) is 0 Å². The van der Waals surface area contributed by atoms with Crippen LogP contribution >= 0.6 is 0 Å². The summed E-state index contributed by atoms with van der Waals surface area (Å²) < 4.78 is 5.64. The number of aryl methyl sites for hydroxylation is 1. The predicted molar refractivity (Wildman–Crippen MR) is 96.0 cm³/mol. The molecule has 2 aliphatic rings. The first-order chi connectivity index (χ1) is 12.1. The fourth-order valence-electron chi connectivity index (χ4n) is 3.54. The average molecular weight is 336 g/mol. The van der Waals surface area contributed by atoms with E-state index in [0.717, 1.165) is 18.5 Å². The highest BCUT2D eigenvalue weighted by Crippen LogP contribution is 2.34. The van der Waals surface area contributed by atoms with Gasteiger partial charge in [-0.05, 0) is 43.5 Å². The third kappa shape index (κ3) is 2.76. The number of ether oxygens (including phenoxy) is 1. The molecule has 0 fully saturated rings. The number of para-hydroxylation sites is 3. The van der Waals surface area contributed by atoms with E-state index in [1.54, 1.807) is 16.7 Å². The Morgan fingerprint density at radius 3 is 2.68 bits per heavy atom. The number of nitrogens with zero attached hydrogens (tertiary/aromatic N) is 2. The minimum atomic E-state index is -0.587. The molecule has 0 aromatic heterocycles. The zero-order valence-corrected chi connectivity index (χ0v) is 14.1. The standard InChI is InChI=1S/C20H20N2O3/c1-14-20(24)22(17-10-4-5-11-18(17)25-14)13-19(23)21-12-6-8-15-7-2-3-9-16(15)21/h2-5,7,9-11,14H,6,8,12-13H2,1H3/t14-/m0/s1. The van der Waals surface area contributed by atoms with E-state index < -0.39 is 6.10 Å². The van der Waals surface area contributed by atoms with Crippen LogP contribution in [0.5, 0.6) is 5.75 Å². The lowest BCUT2D eigenvalue weighted by atomic mass is 10.0. The zero-order chi connectivity index (χ0) is 17.4. The van der Waals surface area contributed by atoms with Gasteiger partial charge < -0.3 is 9.64 Å². The first-order valence-electron chi connectivity index (χ1n) is 8.60. The average Bonchev–Trinajstić information content (AvgIpc) is 2.64. The van der Waals surface area contributed by atoms with Crippen LogP contribution in [0.4, 0.5) is 11.4 Å². The van der Waals surface area contributed by atoms with E-state index in [1.165, 1.54) is 5.56 Å². The minimum absolute atomic E-state index is 0.0257. The normalized spacial score (nSPS) is 19.1. The first kappa shape index (κ1) is 15.7. The summed E-state index contributed by atoms with van der Waals surface area (Å²) >= 11 is 0. The minimum Gasteiger partial charge on any atom is -0.479 e. The van der Waals surface area contributed by atoms with E-state index in [0.29, 0.717) is 18.0 Å². The lowest BCUT2D eigenvalue weighted by Gasteiger charge is -2.35. The van der Waals surface area contributed by atoms with Crippen molar-refractivity contribution in [2.45, 2.75) is 25.9 Å². The SMILES string of the molecule is C[C@@H]1Oc2ccccc2N(CC(=O)N2CCCc3ccccc32)C1=O. The molecule has 4 rings (SSSR count). The lowest BCUT2D eigenvalue weighted by molar-refractivity contribution is -0.127. The van der Waals surface area contributed by atoms with E-state index in [-0.39, 0.29) is 18.4 Å². The summed E-state index contributed by atoms with van der Waals surface area (Å²) in [7, 11) is 0. The van der Waals surface area contributed by atoms with Crippen molar-refractivity contribution in [3.05, 3.63) is 54.1 Å². The van der Waals surface area contributed by atoms with Crippen molar-refractivity contribution in [2.75, 3.05) is 22.9 Å². The van der Waals surface area contributed by atoms with Gasteiger partial charge in [0.05, 0.1) is 5.69 Å². The maximum atomic E-state index is 13.0. The van der Waals surface area contributed by atoms with Gasteiger partial charge in [-0.2, -0.15) is 0 Å². The number of benzene rings is 2. The van der Waals surface area contributed by atoms with Gasteiger partial charge in [-0.25, -0.2) is 0 Å². The van der Waals surface area contributed by atoms with Crippen molar-refractivity contribution in [1.82, 2.24) is 0 Å². The Bertz CT molecular complexity index is 833. The zero-order valence-electron chi connectivity index (χ0n) is 14.1. The number of hydrogen-bond donors (Lipinski definition) is 0. The lowest BCUT2D eigenvalue weighted by Crippen LogP contribution is -2.50. The third-order valence-corrected chi connectivity index (χ3v) is 4.78. The quantitative estimate of drug-likeness (QED) is 0.847. The Kier molecular flexibility index (Phi) is 3.92.